The number of nitrogens with two attached hydrogens (primary N) is 1. The lowest BCUT2D eigenvalue weighted by molar-refractivity contribution is -0.135. The molecule has 2 rings (SSSR count). The predicted molar refractivity (Wildman–Crippen MR) is 79.5 cm³/mol. The fraction of sp³-hybridized carbons (Fsp3) is 0.615. The molecule has 110 valence electrons. The summed E-state index contributed by atoms with van der Waals surface area (Å²) in [5, 5.41) is 3.62. The van der Waals surface area contributed by atoms with Crippen molar-refractivity contribution >= 4 is 29.3 Å². The Morgan fingerprint density at radius 3 is 2.65 bits per heavy atom. The summed E-state index contributed by atoms with van der Waals surface area (Å²) in [5.41, 5.74) is 5.56. The van der Waals surface area contributed by atoms with Gasteiger partial charge in [0.05, 0.1) is 0 Å². The van der Waals surface area contributed by atoms with Gasteiger partial charge in [0.2, 0.25) is 11.9 Å². The van der Waals surface area contributed by atoms with Crippen LogP contribution in [0.25, 0.3) is 0 Å². The van der Waals surface area contributed by atoms with Crippen LogP contribution in [0.15, 0.2) is 6.07 Å². The highest BCUT2D eigenvalue weighted by molar-refractivity contribution is 6.29. The van der Waals surface area contributed by atoms with Crippen LogP contribution >= 0.6 is 11.6 Å². The molecule has 1 aromatic rings. The molecule has 0 aromatic carbocycles. The first-order chi connectivity index (χ1) is 9.45. The molecular formula is C13H20ClN5O. The monoisotopic (exact) mass is 297 g/mol. The standard InChI is InChI=1S/C13H20ClN5O/c1-8(2)12(20)19-5-3-9(4-6-19)16-11-7-10(14)17-13(15)18-11/h7-9H,3-6H2,1-2H3,(H3,15,16,17,18). The summed E-state index contributed by atoms with van der Waals surface area (Å²) in [4.78, 5) is 21.7. The van der Waals surface area contributed by atoms with E-state index in [1.807, 2.05) is 18.7 Å². The number of carbonyl (C=O) groups excluding carboxylic acids is 1. The lowest BCUT2D eigenvalue weighted by Gasteiger charge is -2.33. The van der Waals surface area contributed by atoms with Crippen molar-refractivity contribution in [1.82, 2.24) is 14.9 Å². The summed E-state index contributed by atoms with van der Waals surface area (Å²) in [5.74, 6) is 1.07. The number of likely N-dealkylation sites (tertiary alicyclic amines) is 1. The summed E-state index contributed by atoms with van der Waals surface area (Å²) in [6.45, 7) is 5.39. The third-order valence-corrected chi connectivity index (χ3v) is 3.56. The van der Waals surface area contributed by atoms with Gasteiger partial charge >= 0.3 is 0 Å². The Morgan fingerprint density at radius 1 is 1.45 bits per heavy atom. The van der Waals surface area contributed by atoms with E-state index in [0.29, 0.717) is 11.0 Å². The first-order valence-electron chi connectivity index (χ1n) is 6.81. The van der Waals surface area contributed by atoms with E-state index >= 15 is 0 Å². The number of carbonyl (C=O) groups is 1. The molecule has 20 heavy (non-hydrogen) atoms. The minimum Gasteiger partial charge on any atom is -0.368 e. The van der Waals surface area contributed by atoms with Crippen molar-refractivity contribution in [3.05, 3.63) is 11.2 Å². The molecule has 6 nitrogen and oxygen atoms in total. The highest BCUT2D eigenvalue weighted by Crippen LogP contribution is 2.19. The molecule has 0 saturated carbocycles. The van der Waals surface area contributed by atoms with Gasteiger partial charge in [-0.1, -0.05) is 25.4 Å². The Hall–Kier alpha value is -1.56. The molecule has 3 N–H and O–H groups in total. The van der Waals surface area contributed by atoms with Crippen LogP contribution in [0.4, 0.5) is 11.8 Å². The van der Waals surface area contributed by atoms with E-state index in [9.17, 15) is 4.79 Å². The topological polar surface area (TPSA) is 84.1 Å². The Kier molecular flexibility index (Phi) is 4.65. The zero-order valence-corrected chi connectivity index (χ0v) is 12.5. The maximum absolute atomic E-state index is 11.9. The molecule has 1 saturated heterocycles. The van der Waals surface area contributed by atoms with Crippen molar-refractivity contribution in [1.29, 1.82) is 0 Å². The van der Waals surface area contributed by atoms with Crippen LogP contribution in [-0.2, 0) is 4.79 Å². The van der Waals surface area contributed by atoms with Crippen molar-refractivity contribution in [3.8, 4) is 0 Å². The van der Waals surface area contributed by atoms with Gasteiger partial charge < -0.3 is 16.0 Å². The molecule has 1 aliphatic heterocycles. The summed E-state index contributed by atoms with van der Waals surface area (Å²) in [7, 11) is 0. The van der Waals surface area contributed by atoms with Crippen molar-refractivity contribution in [2.75, 3.05) is 24.1 Å². The van der Waals surface area contributed by atoms with Crippen LogP contribution in [0.2, 0.25) is 5.15 Å². The number of anilines is 2. The van der Waals surface area contributed by atoms with E-state index in [4.69, 9.17) is 17.3 Å². The maximum Gasteiger partial charge on any atom is 0.225 e. The van der Waals surface area contributed by atoms with Gasteiger partial charge in [0.1, 0.15) is 11.0 Å². The summed E-state index contributed by atoms with van der Waals surface area (Å²) in [6, 6.07) is 1.93. The number of nitrogen functional groups attached to an aromatic ring is 1. The highest BCUT2D eigenvalue weighted by Gasteiger charge is 2.24. The van der Waals surface area contributed by atoms with Gasteiger partial charge in [0, 0.05) is 31.1 Å². The van der Waals surface area contributed by atoms with Crippen LogP contribution in [0.3, 0.4) is 0 Å². The van der Waals surface area contributed by atoms with Gasteiger partial charge in [-0.25, -0.2) is 4.98 Å². The molecule has 1 fully saturated rings. The number of rotatable bonds is 3. The smallest absolute Gasteiger partial charge is 0.225 e. The molecule has 0 unspecified atom stereocenters. The van der Waals surface area contributed by atoms with E-state index in [1.165, 1.54) is 0 Å². The van der Waals surface area contributed by atoms with Gasteiger partial charge in [-0.15, -0.1) is 0 Å². The van der Waals surface area contributed by atoms with Crippen molar-refractivity contribution in [2.45, 2.75) is 32.7 Å². The van der Waals surface area contributed by atoms with Crippen LogP contribution in [-0.4, -0.2) is 39.9 Å². The fourth-order valence-corrected chi connectivity index (χ4v) is 2.52. The molecule has 0 atom stereocenters. The SMILES string of the molecule is CC(C)C(=O)N1CCC(Nc2cc(Cl)nc(N)n2)CC1. The first-order valence-corrected chi connectivity index (χ1v) is 7.19. The van der Waals surface area contributed by atoms with E-state index in [1.54, 1.807) is 6.07 Å². The number of nitrogens with one attached hydrogen (secondary N) is 1. The van der Waals surface area contributed by atoms with Gasteiger partial charge in [-0.2, -0.15) is 4.98 Å². The zero-order valence-electron chi connectivity index (χ0n) is 11.8. The summed E-state index contributed by atoms with van der Waals surface area (Å²) >= 11 is 5.84. The maximum atomic E-state index is 11.9. The predicted octanol–water partition coefficient (Wildman–Crippen LogP) is 1.77. The number of aromatic nitrogens is 2. The average Bonchev–Trinajstić information content (AvgIpc) is 2.37. The largest absolute Gasteiger partial charge is 0.368 e. The van der Waals surface area contributed by atoms with Crippen molar-refractivity contribution < 1.29 is 4.79 Å². The van der Waals surface area contributed by atoms with Crippen LogP contribution in [0.1, 0.15) is 26.7 Å². The summed E-state index contributed by atoms with van der Waals surface area (Å²) < 4.78 is 0. The molecule has 1 aliphatic rings. The molecule has 2 heterocycles. The highest BCUT2D eigenvalue weighted by atomic mass is 35.5. The van der Waals surface area contributed by atoms with E-state index in [2.05, 4.69) is 15.3 Å². The molecule has 1 amide bonds. The second-order valence-electron chi connectivity index (χ2n) is 5.33. The second kappa shape index (κ2) is 6.26. The van der Waals surface area contributed by atoms with Crippen molar-refractivity contribution in [2.24, 2.45) is 5.92 Å². The lowest BCUT2D eigenvalue weighted by atomic mass is 10.0. The molecular weight excluding hydrogens is 278 g/mol. The van der Waals surface area contributed by atoms with Gasteiger partial charge in [-0.3, -0.25) is 4.79 Å². The Morgan fingerprint density at radius 2 is 2.10 bits per heavy atom. The molecule has 0 aliphatic carbocycles. The van der Waals surface area contributed by atoms with E-state index in [-0.39, 0.29) is 23.8 Å². The van der Waals surface area contributed by atoms with Gasteiger partial charge in [-0.05, 0) is 12.8 Å². The average molecular weight is 298 g/mol. The molecule has 0 bridgehead atoms. The number of halogens is 1. The number of hydrogen-bond donors (Lipinski definition) is 2. The number of amides is 1. The lowest BCUT2D eigenvalue weighted by Crippen LogP contribution is -2.44. The Bertz CT molecular complexity index is 465. The number of hydrogen-bond acceptors (Lipinski definition) is 5. The Labute approximate surface area is 123 Å². The Balaban J connectivity index is 1.90. The van der Waals surface area contributed by atoms with Crippen LogP contribution in [0.5, 0.6) is 0 Å². The fourth-order valence-electron chi connectivity index (χ4n) is 2.33. The summed E-state index contributed by atoms with van der Waals surface area (Å²) in [6.07, 6.45) is 1.78. The normalized spacial score (nSPS) is 16.5. The van der Waals surface area contributed by atoms with Crippen LogP contribution < -0.4 is 11.1 Å². The minimum absolute atomic E-state index is 0.0555. The zero-order chi connectivity index (χ0) is 14.7. The van der Waals surface area contributed by atoms with Gasteiger partial charge in [0.15, 0.2) is 0 Å². The third-order valence-electron chi connectivity index (χ3n) is 3.36. The van der Waals surface area contributed by atoms with E-state index < -0.39 is 0 Å². The molecule has 7 heteroatoms. The third kappa shape index (κ3) is 3.72. The first kappa shape index (κ1) is 14.8. The second-order valence-corrected chi connectivity index (χ2v) is 5.72. The number of nitrogens with zero attached hydrogens (tertiary/aromatic N) is 3. The number of piperidine rings is 1. The van der Waals surface area contributed by atoms with Crippen LogP contribution in [0, 0.1) is 5.92 Å². The minimum atomic E-state index is 0.0555. The van der Waals surface area contributed by atoms with E-state index in [0.717, 1.165) is 25.9 Å². The molecule has 0 spiro atoms. The van der Waals surface area contributed by atoms with Gasteiger partial charge in [0.25, 0.3) is 0 Å². The molecule has 1 aromatic heterocycles. The quantitative estimate of drug-likeness (QED) is 0.831. The molecule has 0 radical (unpaired) electrons. The van der Waals surface area contributed by atoms with Crippen molar-refractivity contribution in [3.63, 3.8) is 0 Å².